The molecule has 6 aromatic heterocycles. The molecule has 6 heterocycles. The predicted octanol–water partition coefficient (Wildman–Crippen LogP) is 4.79. The van der Waals surface area contributed by atoms with Gasteiger partial charge in [0.05, 0.1) is 24.1 Å². The summed E-state index contributed by atoms with van der Waals surface area (Å²) in [7, 11) is 3.70. The van der Waals surface area contributed by atoms with Crippen molar-refractivity contribution in [2.75, 3.05) is 26.0 Å². The molecule has 0 bridgehead atoms. The fourth-order valence-electron chi connectivity index (χ4n) is 4.24. The fraction of sp³-hybridized carbons (Fsp3) is 0.115. The number of likely N-dealkylation sites (N-methyl/N-ethyl adjacent to an activating group) is 1. The van der Waals surface area contributed by atoms with Gasteiger partial charge in [0.2, 0.25) is 5.91 Å². The number of hydrogen-bond acceptors (Lipinski definition) is 7. The highest BCUT2D eigenvalue weighted by Crippen LogP contribution is 2.34. The minimum absolute atomic E-state index is 0.0983. The van der Waals surface area contributed by atoms with Gasteiger partial charge in [-0.1, -0.05) is 0 Å². The van der Waals surface area contributed by atoms with Gasteiger partial charge in [-0.25, -0.2) is 9.97 Å². The Morgan fingerprint density at radius 2 is 1.89 bits per heavy atom. The average Bonchev–Trinajstić information content (AvgIpc) is 3.62. The van der Waals surface area contributed by atoms with Crippen molar-refractivity contribution in [1.82, 2.24) is 35.0 Å². The summed E-state index contributed by atoms with van der Waals surface area (Å²) in [6.07, 6.45) is 6.97. The van der Waals surface area contributed by atoms with Crippen LogP contribution in [0.15, 0.2) is 65.9 Å². The quantitative estimate of drug-likeness (QED) is 0.307. The minimum atomic E-state index is -0.0983. The summed E-state index contributed by atoms with van der Waals surface area (Å²) in [6, 6.07) is 10.1. The van der Waals surface area contributed by atoms with Crippen LogP contribution >= 0.6 is 11.3 Å². The highest BCUT2D eigenvalue weighted by atomic mass is 32.1. The van der Waals surface area contributed by atoms with Crippen molar-refractivity contribution in [1.29, 1.82) is 0 Å². The van der Waals surface area contributed by atoms with E-state index in [2.05, 4.69) is 58.3 Å². The van der Waals surface area contributed by atoms with Crippen molar-refractivity contribution in [3.63, 3.8) is 0 Å². The Labute approximate surface area is 210 Å². The van der Waals surface area contributed by atoms with Crippen LogP contribution in [0.4, 0.5) is 5.69 Å². The van der Waals surface area contributed by atoms with E-state index in [9.17, 15) is 4.79 Å². The van der Waals surface area contributed by atoms with E-state index in [1.807, 2.05) is 43.4 Å². The SMILES string of the molecule is CN(C)CC(=O)Nc1cncc(-c2cnc3[nH]nc(-c4cc5c(-c6ccsc6)ccnc5[nH]4)c3c2)c1. The number of H-pyrrole nitrogens is 2. The number of thiophene rings is 1. The van der Waals surface area contributed by atoms with Gasteiger partial charge in [0.1, 0.15) is 11.3 Å². The summed E-state index contributed by atoms with van der Waals surface area (Å²) < 4.78 is 0. The second-order valence-electron chi connectivity index (χ2n) is 8.76. The van der Waals surface area contributed by atoms with E-state index in [0.29, 0.717) is 17.9 Å². The molecule has 0 saturated heterocycles. The Kier molecular flexibility index (Phi) is 5.51. The molecule has 0 saturated carbocycles. The first kappa shape index (κ1) is 22.1. The molecule has 0 aliphatic rings. The van der Waals surface area contributed by atoms with Crippen LogP contribution in [-0.4, -0.2) is 61.6 Å². The van der Waals surface area contributed by atoms with Crippen LogP contribution < -0.4 is 5.32 Å². The molecule has 178 valence electrons. The molecule has 6 aromatic rings. The Balaban J connectivity index is 1.38. The highest BCUT2D eigenvalue weighted by Gasteiger charge is 2.16. The molecule has 0 radical (unpaired) electrons. The lowest BCUT2D eigenvalue weighted by atomic mass is 10.1. The van der Waals surface area contributed by atoms with Crippen LogP contribution in [0.2, 0.25) is 0 Å². The lowest BCUT2D eigenvalue weighted by molar-refractivity contribution is -0.116. The normalized spacial score (nSPS) is 11.5. The number of amides is 1. The zero-order valence-electron chi connectivity index (χ0n) is 19.6. The third kappa shape index (κ3) is 4.12. The molecule has 1 amide bonds. The van der Waals surface area contributed by atoms with E-state index >= 15 is 0 Å². The van der Waals surface area contributed by atoms with Gasteiger partial charge in [0, 0.05) is 40.5 Å². The number of anilines is 1. The number of nitrogens with one attached hydrogen (secondary N) is 3. The molecule has 0 aliphatic heterocycles. The molecule has 0 atom stereocenters. The average molecular weight is 495 g/mol. The maximum Gasteiger partial charge on any atom is 0.238 e. The molecule has 3 N–H and O–H groups in total. The van der Waals surface area contributed by atoms with Crippen molar-refractivity contribution in [3.05, 3.63) is 65.9 Å². The van der Waals surface area contributed by atoms with Crippen molar-refractivity contribution in [2.45, 2.75) is 0 Å². The second-order valence-corrected chi connectivity index (χ2v) is 9.54. The summed E-state index contributed by atoms with van der Waals surface area (Å²) in [5, 5.41) is 16.6. The molecule has 0 fully saturated rings. The summed E-state index contributed by atoms with van der Waals surface area (Å²) in [5.74, 6) is -0.0983. The number of rotatable bonds is 6. The lowest BCUT2D eigenvalue weighted by Gasteiger charge is -2.10. The van der Waals surface area contributed by atoms with Crippen LogP contribution in [-0.2, 0) is 4.79 Å². The van der Waals surface area contributed by atoms with Crippen LogP contribution in [0.3, 0.4) is 0 Å². The van der Waals surface area contributed by atoms with E-state index in [4.69, 9.17) is 0 Å². The lowest BCUT2D eigenvalue weighted by Crippen LogP contribution is -2.27. The van der Waals surface area contributed by atoms with Gasteiger partial charge in [-0.05, 0) is 66.3 Å². The number of carbonyl (C=O) groups is 1. The predicted molar refractivity (Wildman–Crippen MR) is 143 cm³/mol. The van der Waals surface area contributed by atoms with Gasteiger partial charge in [-0.2, -0.15) is 16.4 Å². The smallest absolute Gasteiger partial charge is 0.238 e. The fourth-order valence-corrected chi connectivity index (χ4v) is 4.90. The first-order valence-electron chi connectivity index (χ1n) is 11.3. The van der Waals surface area contributed by atoms with E-state index in [0.717, 1.165) is 44.5 Å². The zero-order chi connectivity index (χ0) is 24.6. The third-order valence-electron chi connectivity index (χ3n) is 5.85. The molecule has 9 nitrogen and oxygen atoms in total. The summed E-state index contributed by atoms with van der Waals surface area (Å²) >= 11 is 1.67. The van der Waals surface area contributed by atoms with E-state index in [-0.39, 0.29) is 5.91 Å². The van der Waals surface area contributed by atoms with Crippen LogP contribution in [0.1, 0.15) is 0 Å². The number of aromatic amines is 2. The first-order valence-corrected chi connectivity index (χ1v) is 12.2. The number of fused-ring (bicyclic) bond motifs is 2. The number of hydrogen-bond donors (Lipinski definition) is 3. The Hall–Kier alpha value is -4.41. The maximum atomic E-state index is 12.2. The maximum absolute atomic E-state index is 12.2. The molecule has 0 unspecified atom stereocenters. The summed E-state index contributed by atoms with van der Waals surface area (Å²) in [5.41, 5.74) is 7.74. The molecule has 36 heavy (non-hydrogen) atoms. The van der Waals surface area contributed by atoms with Crippen molar-refractivity contribution < 1.29 is 4.79 Å². The zero-order valence-corrected chi connectivity index (χ0v) is 20.4. The van der Waals surface area contributed by atoms with Crippen LogP contribution in [0.5, 0.6) is 0 Å². The molecule has 6 rings (SSSR count). The molecule has 10 heteroatoms. The number of carbonyl (C=O) groups excluding carboxylic acids is 1. The standard InChI is InChI=1S/C26H22N8OS/c1-34(2)13-23(35)30-18-7-16(10-27-12-18)17-8-21-24(32-33-26(21)29-11-17)22-9-20-19(15-4-6-36-14-15)3-5-28-25(20)31-22/h3-12,14H,13H2,1-2H3,(H,28,31)(H,30,35)(H,29,32,33). The van der Waals surface area contributed by atoms with Gasteiger partial charge in [-0.3, -0.25) is 14.9 Å². The minimum Gasteiger partial charge on any atom is -0.338 e. The number of nitrogens with zero attached hydrogens (tertiary/aromatic N) is 5. The van der Waals surface area contributed by atoms with Gasteiger partial charge >= 0.3 is 0 Å². The van der Waals surface area contributed by atoms with Crippen molar-refractivity contribution >= 4 is 45.0 Å². The number of aromatic nitrogens is 6. The first-order chi connectivity index (χ1) is 17.5. The summed E-state index contributed by atoms with van der Waals surface area (Å²) in [6.45, 7) is 0.295. The molecule has 0 aliphatic carbocycles. The van der Waals surface area contributed by atoms with Gasteiger partial charge < -0.3 is 15.2 Å². The van der Waals surface area contributed by atoms with Gasteiger partial charge in [0.25, 0.3) is 0 Å². The Morgan fingerprint density at radius 1 is 1.00 bits per heavy atom. The van der Waals surface area contributed by atoms with Crippen LogP contribution in [0, 0.1) is 0 Å². The van der Waals surface area contributed by atoms with Crippen molar-refractivity contribution in [2.24, 2.45) is 0 Å². The monoisotopic (exact) mass is 494 g/mol. The topological polar surface area (TPSA) is 115 Å². The second kappa shape index (κ2) is 8.99. The van der Waals surface area contributed by atoms with E-state index in [1.54, 1.807) is 29.9 Å². The molecular weight excluding hydrogens is 472 g/mol. The van der Waals surface area contributed by atoms with E-state index in [1.165, 1.54) is 5.56 Å². The van der Waals surface area contributed by atoms with E-state index < -0.39 is 0 Å². The van der Waals surface area contributed by atoms with Gasteiger partial charge in [-0.15, -0.1) is 0 Å². The van der Waals surface area contributed by atoms with Crippen molar-refractivity contribution in [3.8, 4) is 33.6 Å². The Bertz CT molecular complexity index is 1700. The third-order valence-corrected chi connectivity index (χ3v) is 6.53. The molecule has 0 aromatic carbocycles. The largest absolute Gasteiger partial charge is 0.338 e. The Morgan fingerprint density at radius 3 is 2.72 bits per heavy atom. The summed E-state index contributed by atoms with van der Waals surface area (Å²) in [4.78, 5) is 30.8. The molecular formula is C26H22N8OS. The van der Waals surface area contributed by atoms with Gasteiger partial charge in [0.15, 0.2) is 5.65 Å². The molecule has 0 spiro atoms. The number of pyridine rings is 3. The highest BCUT2D eigenvalue weighted by molar-refractivity contribution is 7.08. The van der Waals surface area contributed by atoms with Crippen LogP contribution in [0.25, 0.3) is 55.7 Å².